The number of carbonyl (C=O) groups excluding carboxylic acids is 1. The van der Waals surface area contributed by atoms with Gasteiger partial charge in [0.05, 0.1) is 19.1 Å². The average molecular weight is 188 g/mol. The van der Waals surface area contributed by atoms with Gasteiger partial charge in [-0.25, -0.2) is 0 Å². The highest BCUT2D eigenvalue weighted by molar-refractivity contribution is 5.72. The van der Waals surface area contributed by atoms with Gasteiger partial charge in [-0.05, 0) is 12.8 Å². The fourth-order valence-electron chi connectivity index (χ4n) is 1.36. The number of hydrogen-bond donors (Lipinski definition) is 1. The van der Waals surface area contributed by atoms with Gasteiger partial charge in [0.1, 0.15) is 0 Å². The van der Waals surface area contributed by atoms with Crippen LogP contribution >= 0.6 is 0 Å². The molecule has 0 spiro atoms. The molecule has 0 aromatic heterocycles. The number of aliphatic hydroxyl groups is 1. The lowest BCUT2D eigenvalue weighted by atomic mass is 9.95. The van der Waals surface area contributed by atoms with E-state index >= 15 is 0 Å². The zero-order chi connectivity index (χ0) is 10.3. The van der Waals surface area contributed by atoms with E-state index in [2.05, 4.69) is 11.7 Å². The maximum Gasteiger partial charge on any atom is 0.311 e. The largest absolute Gasteiger partial charge is 0.469 e. The second-order valence-corrected chi connectivity index (χ2v) is 3.25. The van der Waals surface area contributed by atoms with E-state index in [0.29, 0.717) is 12.8 Å². The van der Waals surface area contributed by atoms with E-state index in [9.17, 15) is 9.90 Å². The number of aliphatic hydroxyl groups excluding tert-OH is 1. The normalized spacial score (nSPS) is 15.1. The van der Waals surface area contributed by atoms with E-state index in [0.717, 1.165) is 12.8 Å². The van der Waals surface area contributed by atoms with Crippen LogP contribution in [0.5, 0.6) is 0 Å². The molecule has 78 valence electrons. The number of hydrogen-bond acceptors (Lipinski definition) is 3. The van der Waals surface area contributed by atoms with Gasteiger partial charge in [-0.3, -0.25) is 4.79 Å². The summed E-state index contributed by atoms with van der Waals surface area (Å²) >= 11 is 0. The predicted octanol–water partition coefficient (Wildman–Crippen LogP) is 1.74. The second kappa shape index (κ2) is 6.89. The Balaban J connectivity index is 3.98. The molecule has 0 amide bonds. The minimum atomic E-state index is -0.544. The van der Waals surface area contributed by atoms with E-state index in [-0.39, 0.29) is 11.9 Å². The first-order chi connectivity index (χ1) is 6.17. The van der Waals surface area contributed by atoms with Crippen LogP contribution in [0.1, 0.15) is 39.5 Å². The molecule has 0 rings (SSSR count). The molecule has 0 aromatic rings. The van der Waals surface area contributed by atoms with Crippen molar-refractivity contribution < 1.29 is 14.6 Å². The Morgan fingerprint density at radius 1 is 1.46 bits per heavy atom. The monoisotopic (exact) mass is 188 g/mol. The summed E-state index contributed by atoms with van der Waals surface area (Å²) < 4.78 is 4.61. The molecular formula is C10H20O3. The summed E-state index contributed by atoms with van der Waals surface area (Å²) in [5.41, 5.74) is 0. The summed E-state index contributed by atoms with van der Waals surface area (Å²) in [4.78, 5) is 11.2. The molecule has 0 bridgehead atoms. The first-order valence-corrected chi connectivity index (χ1v) is 4.93. The third-order valence-corrected chi connectivity index (χ3v) is 2.26. The topological polar surface area (TPSA) is 46.5 Å². The quantitative estimate of drug-likeness (QED) is 0.646. The summed E-state index contributed by atoms with van der Waals surface area (Å²) in [6, 6.07) is 0. The van der Waals surface area contributed by atoms with Crippen LogP contribution in [-0.4, -0.2) is 24.3 Å². The predicted molar refractivity (Wildman–Crippen MR) is 51.3 cm³/mol. The van der Waals surface area contributed by atoms with Gasteiger partial charge in [0.25, 0.3) is 0 Å². The van der Waals surface area contributed by atoms with Crippen LogP contribution in [0.25, 0.3) is 0 Å². The maximum absolute atomic E-state index is 11.2. The zero-order valence-corrected chi connectivity index (χ0v) is 8.75. The van der Waals surface area contributed by atoms with Crippen molar-refractivity contribution in [1.82, 2.24) is 0 Å². The highest BCUT2D eigenvalue weighted by Crippen LogP contribution is 2.15. The van der Waals surface area contributed by atoms with Gasteiger partial charge in [-0.2, -0.15) is 0 Å². The van der Waals surface area contributed by atoms with Crippen molar-refractivity contribution in [3.05, 3.63) is 0 Å². The molecule has 0 aliphatic heterocycles. The van der Waals surface area contributed by atoms with Crippen molar-refractivity contribution in [3.8, 4) is 0 Å². The Kier molecular flexibility index (Phi) is 6.59. The standard InChI is InChI=1S/C10H20O3/c1-4-6-7-9(11)8(5-2)10(12)13-3/h8-9,11H,4-7H2,1-3H3. The highest BCUT2D eigenvalue weighted by atomic mass is 16.5. The summed E-state index contributed by atoms with van der Waals surface area (Å²) in [5.74, 6) is -0.650. The van der Waals surface area contributed by atoms with E-state index in [1.807, 2.05) is 6.92 Å². The van der Waals surface area contributed by atoms with Crippen molar-refractivity contribution >= 4 is 5.97 Å². The fraction of sp³-hybridized carbons (Fsp3) is 0.900. The van der Waals surface area contributed by atoms with Gasteiger partial charge in [0, 0.05) is 0 Å². The maximum atomic E-state index is 11.2. The van der Waals surface area contributed by atoms with Gasteiger partial charge in [-0.15, -0.1) is 0 Å². The minimum absolute atomic E-state index is 0.300. The Morgan fingerprint density at radius 2 is 2.08 bits per heavy atom. The number of rotatable bonds is 6. The molecule has 0 radical (unpaired) electrons. The van der Waals surface area contributed by atoms with Crippen LogP contribution in [0.3, 0.4) is 0 Å². The first kappa shape index (κ1) is 12.4. The number of methoxy groups -OCH3 is 1. The molecule has 2 unspecified atom stereocenters. The molecule has 0 saturated heterocycles. The van der Waals surface area contributed by atoms with Crippen LogP contribution in [0.2, 0.25) is 0 Å². The van der Waals surface area contributed by atoms with E-state index < -0.39 is 6.10 Å². The highest BCUT2D eigenvalue weighted by Gasteiger charge is 2.24. The van der Waals surface area contributed by atoms with Gasteiger partial charge in [0.2, 0.25) is 0 Å². The number of esters is 1. The van der Waals surface area contributed by atoms with Crippen molar-refractivity contribution in [2.24, 2.45) is 5.92 Å². The number of ether oxygens (including phenoxy) is 1. The van der Waals surface area contributed by atoms with Gasteiger partial charge in [0.15, 0.2) is 0 Å². The van der Waals surface area contributed by atoms with Gasteiger partial charge >= 0.3 is 5.97 Å². The van der Waals surface area contributed by atoms with Crippen LogP contribution in [0.15, 0.2) is 0 Å². The summed E-state index contributed by atoms with van der Waals surface area (Å²) in [6.07, 6.45) is 2.77. The van der Waals surface area contributed by atoms with Crippen LogP contribution in [0.4, 0.5) is 0 Å². The molecular weight excluding hydrogens is 168 g/mol. The molecule has 0 saturated carbocycles. The lowest BCUT2D eigenvalue weighted by Crippen LogP contribution is -2.28. The van der Waals surface area contributed by atoms with Crippen molar-refractivity contribution in [1.29, 1.82) is 0 Å². The number of carbonyl (C=O) groups is 1. The molecule has 1 N–H and O–H groups in total. The molecule has 3 heteroatoms. The Labute approximate surface area is 80.1 Å². The average Bonchev–Trinajstić information content (AvgIpc) is 2.15. The summed E-state index contributed by atoms with van der Waals surface area (Å²) in [6.45, 7) is 3.95. The van der Waals surface area contributed by atoms with Gasteiger partial charge < -0.3 is 9.84 Å². The molecule has 0 fully saturated rings. The summed E-state index contributed by atoms with van der Waals surface area (Å²) in [7, 11) is 1.36. The molecule has 0 aromatic carbocycles. The Bertz CT molecular complexity index is 145. The summed E-state index contributed by atoms with van der Waals surface area (Å²) in [5, 5.41) is 9.64. The minimum Gasteiger partial charge on any atom is -0.469 e. The van der Waals surface area contributed by atoms with Crippen LogP contribution < -0.4 is 0 Å². The lowest BCUT2D eigenvalue weighted by molar-refractivity contribution is -0.149. The molecule has 0 aliphatic carbocycles. The van der Waals surface area contributed by atoms with E-state index in [1.165, 1.54) is 7.11 Å². The van der Waals surface area contributed by atoms with E-state index in [1.54, 1.807) is 0 Å². The molecule has 0 heterocycles. The van der Waals surface area contributed by atoms with Gasteiger partial charge in [-0.1, -0.05) is 26.7 Å². The van der Waals surface area contributed by atoms with Crippen molar-refractivity contribution in [2.75, 3.05) is 7.11 Å². The third-order valence-electron chi connectivity index (χ3n) is 2.26. The van der Waals surface area contributed by atoms with Crippen LogP contribution in [0, 0.1) is 5.92 Å². The van der Waals surface area contributed by atoms with Crippen LogP contribution in [-0.2, 0) is 9.53 Å². The number of unbranched alkanes of at least 4 members (excludes halogenated alkanes) is 1. The zero-order valence-electron chi connectivity index (χ0n) is 8.75. The molecule has 0 aliphatic rings. The van der Waals surface area contributed by atoms with Crippen molar-refractivity contribution in [2.45, 2.75) is 45.6 Å². The molecule has 3 nitrogen and oxygen atoms in total. The molecule has 2 atom stereocenters. The molecule has 13 heavy (non-hydrogen) atoms. The first-order valence-electron chi connectivity index (χ1n) is 4.93. The van der Waals surface area contributed by atoms with E-state index in [4.69, 9.17) is 0 Å². The fourth-order valence-corrected chi connectivity index (χ4v) is 1.36. The smallest absolute Gasteiger partial charge is 0.311 e. The lowest BCUT2D eigenvalue weighted by Gasteiger charge is -2.18. The van der Waals surface area contributed by atoms with Crippen molar-refractivity contribution in [3.63, 3.8) is 0 Å². The second-order valence-electron chi connectivity index (χ2n) is 3.25. The Morgan fingerprint density at radius 3 is 2.46 bits per heavy atom. The third kappa shape index (κ3) is 4.27. The SMILES string of the molecule is CCCCC(O)C(CC)C(=O)OC. The Hall–Kier alpha value is -0.570.